The first-order valence-corrected chi connectivity index (χ1v) is 18.3. The van der Waals surface area contributed by atoms with Crippen LogP contribution in [-0.2, 0) is 14.9 Å². The van der Waals surface area contributed by atoms with Crippen LogP contribution in [0, 0.1) is 18.8 Å². The number of fused-ring (bicyclic) bond motifs is 1. The van der Waals surface area contributed by atoms with Crippen LogP contribution in [0.3, 0.4) is 0 Å². The molecule has 2 fully saturated rings. The second-order valence-corrected chi connectivity index (χ2v) is 15.8. The summed E-state index contributed by atoms with van der Waals surface area (Å²) in [7, 11) is -3.67. The number of carbonyl (C=O) groups excluding carboxylic acids is 2. The average Bonchev–Trinajstić information content (AvgIpc) is 2.95. The number of benzene rings is 2. The number of carbonyl (C=O) groups is 2. The van der Waals surface area contributed by atoms with E-state index >= 15 is 0 Å². The van der Waals surface area contributed by atoms with E-state index in [4.69, 9.17) is 4.55 Å². The zero-order valence-electron chi connectivity index (χ0n) is 26.9. The summed E-state index contributed by atoms with van der Waals surface area (Å²) in [5.41, 5.74) is 0.543. The Labute approximate surface area is 272 Å². The van der Waals surface area contributed by atoms with Crippen LogP contribution in [0.25, 0.3) is 0 Å². The van der Waals surface area contributed by atoms with E-state index in [1.165, 1.54) is 12.8 Å². The van der Waals surface area contributed by atoms with E-state index in [9.17, 15) is 28.2 Å². The Bertz CT molecular complexity index is 1370. The Morgan fingerprint density at radius 2 is 1.67 bits per heavy atom. The van der Waals surface area contributed by atoms with Gasteiger partial charge in [-0.3, -0.25) is 19.0 Å². The number of β-amino-alcohol motifs (C(OH)–C–C–N with tert-alkyl or cyclic N) is 1. The molecule has 1 saturated carbocycles. The molecule has 0 radical (unpaired) electrons. The molecule has 1 aliphatic carbocycles. The number of hydrogen-bond donors (Lipinski definition) is 5. The fourth-order valence-corrected chi connectivity index (χ4v) is 7.09. The Morgan fingerprint density at radius 1 is 1.04 bits per heavy atom. The zero-order chi connectivity index (χ0) is 33.4. The quantitative estimate of drug-likeness (QED) is 0.196. The molecule has 5 unspecified atom stereocenters. The molecule has 1 heterocycles. The van der Waals surface area contributed by atoms with E-state index in [-0.39, 0.29) is 29.1 Å². The van der Waals surface area contributed by atoms with Gasteiger partial charge >= 0.3 is 0 Å². The minimum Gasteiger partial charge on any atom is -0.508 e. The molecule has 2 aromatic rings. The molecule has 2 amide bonds. The molecule has 0 aromatic heterocycles. The number of aliphatic hydroxyl groups is 1. The summed E-state index contributed by atoms with van der Waals surface area (Å²) in [4.78, 5) is 30.0. The molecule has 5 atom stereocenters. The summed E-state index contributed by atoms with van der Waals surface area (Å²) in [6.45, 7) is 8.76. The van der Waals surface area contributed by atoms with Crippen LogP contribution >= 0.6 is 11.8 Å². The van der Waals surface area contributed by atoms with Crippen LogP contribution in [0.1, 0.15) is 68.8 Å². The van der Waals surface area contributed by atoms with Crippen LogP contribution in [0.2, 0.25) is 0 Å². The van der Waals surface area contributed by atoms with E-state index in [1.807, 2.05) is 51.1 Å². The highest BCUT2D eigenvalue weighted by Gasteiger charge is 2.41. The van der Waals surface area contributed by atoms with Crippen molar-refractivity contribution in [3.8, 4) is 5.75 Å². The van der Waals surface area contributed by atoms with Crippen LogP contribution in [-0.4, -0.2) is 88.7 Å². The summed E-state index contributed by atoms with van der Waals surface area (Å²) in [6, 6.07) is 13.9. The summed E-state index contributed by atoms with van der Waals surface area (Å²) >= 11 is 1.57. The lowest BCUT2D eigenvalue weighted by Gasteiger charge is -2.47. The summed E-state index contributed by atoms with van der Waals surface area (Å²) in [6.07, 6.45) is 5.39. The Kier molecular flexibility index (Phi) is 13.3. The van der Waals surface area contributed by atoms with Gasteiger partial charge in [0.15, 0.2) is 0 Å². The molecule has 2 aliphatic rings. The molecular weight excluding hydrogens is 615 g/mol. The first kappa shape index (κ1) is 36.8. The summed E-state index contributed by atoms with van der Waals surface area (Å²) in [5.74, 6) is 1.27. The fourth-order valence-electron chi connectivity index (χ4n) is 6.06. The van der Waals surface area contributed by atoms with Crippen molar-refractivity contribution in [3.63, 3.8) is 0 Å². The van der Waals surface area contributed by atoms with E-state index in [2.05, 4.69) is 15.5 Å². The first-order chi connectivity index (χ1) is 21.0. The third-order valence-corrected chi connectivity index (χ3v) is 9.36. The molecule has 10 nitrogen and oxygen atoms in total. The minimum atomic E-state index is -3.67. The lowest BCUT2D eigenvalue weighted by atomic mass is 9.72. The Balaban J connectivity index is 0.00000102. The number of aromatic hydroxyl groups is 1. The predicted octanol–water partition coefficient (Wildman–Crippen LogP) is 4.25. The molecular formula is C33H49N3O7S2. The number of thioether (sulfide) groups is 1. The second kappa shape index (κ2) is 16.3. The number of hydrogen-bond acceptors (Lipinski definition) is 8. The van der Waals surface area contributed by atoms with Gasteiger partial charge in [-0.25, -0.2) is 0 Å². The van der Waals surface area contributed by atoms with E-state index in [0.717, 1.165) is 30.7 Å². The smallest absolute Gasteiger partial charge is 0.261 e. The number of rotatable bonds is 9. The van der Waals surface area contributed by atoms with Gasteiger partial charge in [-0.2, -0.15) is 8.42 Å². The maximum absolute atomic E-state index is 13.5. The van der Waals surface area contributed by atoms with Crippen molar-refractivity contribution in [2.45, 2.75) is 88.4 Å². The van der Waals surface area contributed by atoms with E-state index in [0.29, 0.717) is 41.5 Å². The number of likely N-dealkylation sites (tertiary alicyclic amines) is 1. The first-order valence-electron chi connectivity index (χ1n) is 15.5. The van der Waals surface area contributed by atoms with Crippen molar-refractivity contribution in [2.75, 3.05) is 25.1 Å². The Hall–Kier alpha value is -2.64. The predicted molar refractivity (Wildman–Crippen MR) is 178 cm³/mol. The highest BCUT2D eigenvalue weighted by molar-refractivity contribution is 7.99. The van der Waals surface area contributed by atoms with Gasteiger partial charge in [0.2, 0.25) is 5.91 Å². The Morgan fingerprint density at radius 3 is 2.29 bits per heavy atom. The molecule has 1 saturated heterocycles. The normalized spacial score (nSPS) is 21.8. The van der Waals surface area contributed by atoms with Gasteiger partial charge in [0.25, 0.3) is 16.0 Å². The number of piperidine rings is 1. The summed E-state index contributed by atoms with van der Waals surface area (Å²) in [5, 5.41) is 28.0. The molecule has 0 spiro atoms. The number of phenolic OH excluding ortho intramolecular Hbond substituents is 1. The van der Waals surface area contributed by atoms with Crippen molar-refractivity contribution < 1.29 is 32.8 Å². The van der Waals surface area contributed by atoms with Crippen LogP contribution in [0.4, 0.5) is 0 Å². The second-order valence-electron chi connectivity index (χ2n) is 13.2. The van der Waals surface area contributed by atoms with Crippen molar-refractivity contribution in [3.05, 3.63) is 59.7 Å². The molecule has 2 aromatic carbocycles. The maximum Gasteiger partial charge on any atom is 0.261 e. The van der Waals surface area contributed by atoms with Crippen molar-refractivity contribution in [1.29, 1.82) is 0 Å². The van der Waals surface area contributed by atoms with Crippen molar-refractivity contribution in [2.24, 2.45) is 11.8 Å². The van der Waals surface area contributed by atoms with Crippen LogP contribution in [0.5, 0.6) is 5.75 Å². The van der Waals surface area contributed by atoms with Crippen molar-refractivity contribution in [1.82, 2.24) is 15.5 Å². The third kappa shape index (κ3) is 12.2. The van der Waals surface area contributed by atoms with Crippen LogP contribution < -0.4 is 10.6 Å². The topological polar surface area (TPSA) is 156 Å². The minimum absolute atomic E-state index is 0.0124. The number of aliphatic hydroxyl groups excluding tert-OH is 1. The molecule has 1 aliphatic heterocycles. The van der Waals surface area contributed by atoms with Gasteiger partial charge in [0, 0.05) is 40.4 Å². The molecule has 0 bridgehead atoms. The molecule has 12 heteroatoms. The van der Waals surface area contributed by atoms with Gasteiger partial charge < -0.3 is 20.8 Å². The maximum atomic E-state index is 13.5. The van der Waals surface area contributed by atoms with Gasteiger partial charge in [-0.05, 0) is 76.6 Å². The summed E-state index contributed by atoms with van der Waals surface area (Å²) < 4.78 is 25.9. The highest BCUT2D eigenvalue weighted by Crippen LogP contribution is 2.39. The highest BCUT2D eigenvalue weighted by atomic mass is 32.2. The number of nitrogens with zero attached hydrogens (tertiary/aromatic N) is 1. The van der Waals surface area contributed by atoms with Gasteiger partial charge in [0.1, 0.15) is 5.75 Å². The van der Waals surface area contributed by atoms with Gasteiger partial charge in [-0.1, -0.05) is 43.5 Å². The molecule has 45 heavy (non-hydrogen) atoms. The molecule has 5 N–H and O–H groups in total. The largest absolute Gasteiger partial charge is 0.508 e. The fraction of sp³-hybridized carbons (Fsp3) is 0.576. The van der Waals surface area contributed by atoms with Crippen molar-refractivity contribution >= 4 is 33.7 Å². The molecule has 4 rings (SSSR count). The lowest BCUT2D eigenvalue weighted by Crippen LogP contribution is -2.60. The van der Waals surface area contributed by atoms with Gasteiger partial charge in [0.05, 0.1) is 24.4 Å². The van der Waals surface area contributed by atoms with Crippen LogP contribution in [0.15, 0.2) is 53.4 Å². The lowest BCUT2D eigenvalue weighted by molar-refractivity contribution is -0.132. The monoisotopic (exact) mass is 663 g/mol. The number of amides is 2. The molecule has 250 valence electrons. The number of phenols is 1. The van der Waals surface area contributed by atoms with Gasteiger partial charge in [-0.15, -0.1) is 11.8 Å². The van der Waals surface area contributed by atoms with E-state index < -0.39 is 22.3 Å². The third-order valence-electron chi connectivity index (χ3n) is 8.23. The van der Waals surface area contributed by atoms with E-state index in [1.54, 1.807) is 36.9 Å². The average molecular weight is 664 g/mol. The number of nitrogens with one attached hydrogen (secondary N) is 2. The zero-order valence-corrected chi connectivity index (χ0v) is 28.5. The SMILES string of the molecule is CS(=O)(=O)O.Cc1c(O)cccc1C(=O)NC(CSc1ccccc1)C(O)CN1CC2CCCCC2CC1C(=O)NC(C)(C)C. The standard InChI is InChI=1S/C32H45N3O4S.CH4O3S/c1-21-25(15-10-16-28(21)36)30(38)33-26(20-40-24-13-6-5-7-14-24)29(37)19-35-18-23-12-9-8-11-22(23)17-27(35)31(39)34-32(2,3)4;1-5(2,3)4/h5-7,10,13-16,22-23,26-27,29,36-37H,8-9,11-12,17-20H2,1-4H3,(H,33,38)(H,34,39);1H3,(H,2,3,4).